The lowest BCUT2D eigenvalue weighted by Crippen LogP contribution is -2.41. The number of alkyl halides is 3. The summed E-state index contributed by atoms with van der Waals surface area (Å²) in [5.74, 6) is -0.442. The highest BCUT2D eigenvalue weighted by Gasteiger charge is 2.27. The molecule has 0 aliphatic carbocycles. The number of benzene rings is 1. The number of carbonyl (C=O) groups excluding carboxylic acids is 2. The monoisotopic (exact) mass is 358 g/mol. The highest BCUT2D eigenvalue weighted by molar-refractivity contribution is 6.00. The summed E-state index contributed by atoms with van der Waals surface area (Å²) in [4.78, 5) is 23.3. The van der Waals surface area contributed by atoms with Crippen LogP contribution >= 0.6 is 0 Å². The van der Waals surface area contributed by atoms with Crippen molar-refractivity contribution in [1.82, 2.24) is 10.6 Å². The number of nitrogens with one attached hydrogen (secondary N) is 2. The lowest BCUT2D eigenvalue weighted by molar-refractivity contribution is -0.138. The van der Waals surface area contributed by atoms with Crippen LogP contribution in [0.25, 0.3) is 6.08 Å². The smallest absolute Gasteiger partial charge is 0.405 e. The second-order valence-electron chi connectivity index (χ2n) is 5.14. The predicted molar refractivity (Wildman–Crippen MR) is 83.2 cm³/mol. The van der Waals surface area contributed by atoms with Crippen molar-refractivity contribution in [3.63, 3.8) is 0 Å². The maximum absolute atomic E-state index is 12.0. The van der Waals surface area contributed by atoms with Crippen molar-refractivity contribution in [3.8, 4) is 11.5 Å². The first-order valence-corrected chi connectivity index (χ1v) is 7.51. The Morgan fingerprint density at radius 3 is 2.72 bits per heavy atom. The summed E-state index contributed by atoms with van der Waals surface area (Å²) in [6.45, 7) is 0.261. The molecule has 2 amide bonds. The van der Waals surface area contributed by atoms with E-state index < -0.39 is 31.1 Å². The Balaban J connectivity index is 1.95. The minimum Gasteiger partial charge on any atom is -0.490 e. The van der Waals surface area contributed by atoms with E-state index in [2.05, 4.69) is 5.32 Å². The topological polar surface area (TPSA) is 76.7 Å². The molecule has 6 nitrogen and oxygen atoms in total. The molecule has 0 fully saturated rings. The maximum Gasteiger partial charge on any atom is 0.405 e. The number of carbonyl (C=O) groups is 2. The van der Waals surface area contributed by atoms with Crippen molar-refractivity contribution in [2.24, 2.45) is 0 Å². The van der Waals surface area contributed by atoms with Crippen LogP contribution in [0.15, 0.2) is 23.8 Å². The van der Waals surface area contributed by atoms with Gasteiger partial charge in [0.25, 0.3) is 5.91 Å². The fraction of sp³-hybridized carbons (Fsp3) is 0.375. The Morgan fingerprint density at radius 2 is 2.04 bits per heavy atom. The molecule has 1 aromatic rings. The highest BCUT2D eigenvalue weighted by atomic mass is 19.4. The van der Waals surface area contributed by atoms with Gasteiger partial charge in [-0.05, 0) is 19.1 Å². The van der Waals surface area contributed by atoms with Gasteiger partial charge in [-0.2, -0.15) is 13.2 Å². The molecule has 1 aliphatic heterocycles. The summed E-state index contributed by atoms with van der Waals surface area (Å²) in [5.41, 5.74) is 0.897. The molecule has 0 aromatic heterocycles. The van der Waals surface area contributed by atoms with E-state index in [1.54, 1.807) is 29.6 Å². The first-order chi connectivity index (χ1) is 11.8. The number of fused-ring (bicyclic) bond motifs is 1. The molecule has 136 valence electrons. The first kappa shape index (κ1) is 18.6. The van der Waals surface area contributed by atoms with Crippen LogP contribution in [-0.2, 0) is 9.59 Å². The maximum atomic E-state index is 12.0. The van der Waals surface area contributed by atoms with Crippen molar-refractivity contribution in [1.29, 1.82) is 0 Å². The first-order valence-electron chi connectivity index (χ1n) is 7.51. The van der Waals surface area contributed by atoms with Gasteiger partial charge in [0.2, 0.25) is 5.91 Å². The zero-order valence-electron chi connectivity index (χ0n) is 13.4. The number of halogens is 3. The molecular formula is C16H17F3N2O4. The van der Waals surface area contributed by atoms with Gasteiger partial charge in [0.05, 0.1) is 18.7 Å². The summed E-state index contributed by atoms with van der Waals surface area (Å²) in [6.07, 6.45) is -2.91. The summed E-state index contributed by atoms with van der Waals surface area (Å²) in [5, 5.41) is 3.93. The molecule has 25 heavy (non-hydrogen) atoms. The average Bonchev–Trinajstić information content (AvgIpc) is 2.57. The summed E-state index contributed by atoms with van der Waals surface area (Å²) in [7, 11) is 0. The number of ether oxygens (including phenoxy) is 2. The van der Waals surface area contributed by atoms with Crippen LogP contribution in [0.1, 0.15) is 12.5 Å². The molecule has 0 radical (unpaired) electrons. The third-order valence-corrected chi connectivity index (χ3v) is 3.20. The SMILES string of the molecule is CCOc1cccc2c1OCC(C(=O)NCC(=O)NCC(F)(F)F)=C2. The van der Waals surface area contributed by atoms with E-state index >= 15 is 0 Å². The van der Waals surface area contributed by atoms with Crippen molar-refractivity contribution >= 4 is 17.9 Å². The molecule has 1 aliphatic rings. The van der Waals surface area contributed by atoms with E-state index in [0.29, 0.717) is 23.7 Å². The van der Waals surface area contributed by atoms with Gasteiger partial charge in [-0.1, -0.05) is 12.1 Å². The number of rotatable bonds is 6. The molecule has 0 spiro atoms. The van der Waals surface area contributed by atoms with E-state index in [4.69, 9.17) is 9.47 Å². The van der Waals surface area contributed by atoms with Crippen LogP contribution in [0.5, 0.6) is 11.5 Å². The quantitative estimate of drug-likeness (QED) is 0.811. The Hall–Kier alpha value is -2.71. The summed E-state index contributed by atoms with van der Waals surface area (Å²) in [6, 6.07) is 5.22. The van der Waals surface area contributed by atoms with Gasteiger partial charge >= 0.3 is 6.18 Å². The van der Waals surface area contributed by atoms with Crippen LogP contribution in [0, 0.1) is 0 Å². The molecular weight excluding hydrogens is 341 g/mol. The molecule has 0 saturated carbocycles. The van der Waals surface area contributed by atoms with Gasteiger partial charge in [0, 0.05) is 5.56 Å². The molecule has 1 aromatic carbocycles. The third kappa shape index (κ3) is 5.40. The fourth-order valence-corrected chi connectivity index (χ4v) is 2.12. The minimum absolute atomic E-state index is 0.0346. The van der Waals surface area contributed by atoms with Crippen molar-refractivity contribution in [2.75, 3.05) is 26.3 Å². The lowest BCUT2D eigenvalue weighted by Gasteiger charge is -2.20. The van der Waals surface area contributed by atoms with Gasteiger partial charge in [-0.3, -0.25) is 9.59 Å². The van der Waals surface area contributed by atoms with Crippen LogP contribution in [0.3, 0.4) is 0 Å². The largest absolute Gasteiger partial charge is 0.490 e. The van der Waals surface area contributed by atoms with Crippen LogP contribution in [0.4, 0.5) is 13.2 Å². The van der Waals surface area contributed by atoms with Crippen LogP contribution in [-0.4, -0.2) is 44.3 Å². The van der Waals surface area contributed by atoms with E-state index in [-0.39, 0.29) is 12.2 Å². The third-order valence-electron chi connectivity index (χ3n) is 3.20. The van der Waals surface area contributed by atoms with Gasteiger partial charge in [0.1, 0.15) is 13.2 Å². The standard InChI is InChI=1S/C16H17F3N2O4/c1-2-24-12-5-3-4-10-6-11(8-25-14(10)12)15(23)20-7-13(22)21-9-16(17,18)19/h3-6H,2,7-9H2,1H3,(H,20,23)(H,21,22). The normalized spacial score (nSPS) is 13.2. The summed E-state index contributed by atoms with van der Waals surface area (Å²) < 4.78 is 47.0. The van der Waals surface area contributed by atoms with E-state index in [0.717, 1.165) is 0 Å². The van der Waals surface area contributed by atoms with Gasteiger partial charge in [-0.25, -0.2) is 0 Å². The average molecular weight is 358 g/mol. The molecule has 1 heterocycles. The van der Waals surface area contributed by atoms with Crippen molar-refractivity contribution in [2.45, 2.75) is 13.1 Å². The number of hydrogen-bond acceptors (Lipinski definition) is 4. The molecule has 0 bridgehead atoms. The van der Waals surface area contributed by atoms with Crippen LogP contribution < -0.4 is 20.1 Å². The Morgan fingerprint density at radius 1 is 1.28 bits per heavy atom. The van der Waals surface area contributed by atoms with E-state index in [1.807, 2.05) is 6.92 Å². The fourth-order valence-electron chi connectivity index (χ4n) is 2.12. The van der Waals surface area contributed by atoms with E-state index in [9.17, 15) is 22.8 Å². The Labute approximate surface area is 142 Å². The van der Waals surface area contributed by atoms with Crippen molar-refractivity contribution < 1.29 is 32.2 Å². The highest BCUT2D eigenvalue weighted by Crippen LogP contribution is 2.35. The number of amides is 2. The number of para-hydroxylation sites is 1. The molecule has 2 N–H and O–H groups in total. The predicted octanol–water partition coefficient (Wildman–Crippen LogP) is 1.66. The molecule has 0 atom stereocenters. The second-order valence-corrected chi connectivity index (χ2v) is 5.14. The molecule has 0 saturated heterocycles. The molecule has 2 rings (SSSR count). The van der Waals surface area contributed by atoms with E-state index in [1.165, 1.54) is 0 Å². The van der Waals surface area contributed by atoms with Crippen molar-refractivity contribution in [3.05, 3.63) is 29.3 Å². The molecule has 9 heteroatoms. The van der Waals surface area contributed by atoms with Gasteiger partial charge in [-0.15, -0.1) is 0 Å². The Kier molecular flexibility index (Phi) is 5.89. The zero-order valence-corrected chi connectivity index (χ0v) is 13.4. The molecule has 0 unspecified atom stereocenters. The van der Waals surface area contributed by atoms with Gasteiger partial charge in [0.15, 0.2) is 11.5 Å². The minimum atomic E-state index is -4.50. The van der Waals surface area contributed by atoms with Gasteiger partial charge < -0.3 is 20.1 Å². The lowest BCUT2D eigenvalue weighted by atomic mass is 10.1. The summed E-state index contributed by atoms with van der Waals surface area (Å²) >= 11 is 0. The number of hydrogen-bond donors (Lipinski definition) is 2. The second kappa shape index (κ2) is 7.91. The Bertz CT molecular complexity index is 686. The van der Waals surface area contributed by atoms with Crippen LogP contribution in [0.2, 0.25) is 0 Å². The zero-order chi connectivity index (χ0) is 18.4.